The Balaban J connectivity index is 1.55. The molecule has 0 radical (unpaired) electrons. The normalized spacial score (nSPS) is 19.0. The van der Waals surface area contributed by atoms with E-state index in [1.54, 1.807) is 6.07 Å². The SMILES string of the molecule is O=C1COc2cc(Br)ccc2N1CC(=O)N1CCCC1c1ccc(Br)cc1. The second kappa shape index (κ2) is 7.64. The van der Waals surface area contributed by atoms with E-state index in [1.807, 2.05) is 41.3 Å². The van der Waals surface area contributed by atoms with Crippen LogP contribution in [0, 0.1) is 0 Å². The number of likely N-dealkylation sites (tertiary alicyclic amines) is 1. The molecule has 27 heavy (non-hydrogen) atoms. The fourth-order valence-electron chi connectivity index (χ4n) is 3.67. The topological polar surface area (TPSA) is 49.9 Å². The maximum absolute atomic E-state index is 13.1. The van der Waals surface area contributed by atoms with Crippen LogP contribution < -0.4 is 9.64 Å². The van der Waals surface area contributed by atoms with Crippen LogP contribution in [0.4, 0.5) is 5.69 Å². The van der Waals surface area contributed by atoms with Gasteiger partial charge in [-0.25, -0.2) is 0 Å². The van der Waals surface area contributed by atoms with E-state index < -0.39 is 0 Å². The molecule has 1 fully saturated rings. The first-order valence-electron chi connectivity index (χ1n) is 8.80. The highest BCUT2D eigenvalue weighted by Crippen LogP contribution is 2.36. The van der Waals surface area contributed by atoms with Gasteiger partial charge in [-0.3, -0.25) is 14.5 Å². The largest absolute Gasteiger partial charge is 0.482 e. The van der Waals surface area contributed by atoms with Crippen LogP contribution in [-0.4, -0.2) is 36.4 Å². The Kier molecular flexibility index (Phi) is 5.23. The molecular weight excluding hydrogens is 476 g/mol. The second-order valence-electron chi connectivity index (χ2n) is 6.68. The average molecular weight is 494 g/mol. The maximum atomic E-state index is 13.1. The quantitative estimate of drug-likeness (QED) is 0.640. The first kappa shape index (κ1) is 18.5. The second-order valence-corrected chi connectivity index (χ2v) is 8.51. The van der Waals surface area contributed by atoms with Crippen LogP contribution in [0.25, 0.3) is 0 Å². The van der Waals surface area contributed by atoms with Crippen molar-refractivity contribution in [2.24, 2.45) is 0 Å². The minimum Gasteiger partial charge on any atom is -0.482 e. The van der Waals surface area contributed by atoms with Crippen molar-refractivity contribution in [2.45, 2.75) is 18.9 Å². The van der Waals surface area contributed by atoms with Crippen molar-refractivity contribution in [3.05, 3.63) is 57.0 Å². The van der Waals surface area contributed by atoms with Gasteiger partial charge in [0.15, 0.2) is 6.61 Å². The zero-order valence-electron chi connectivity index (χ0n) is 14.5. The summed E-state index contributed by atoms with van der Waals surface area (Å²) in [6.45, 7) is 0.696. The molecule has 4 rings (SSSR count). The Morgan fingerprint density at radius 1 is 1.11 bits per heavy atom. The Labute approximate surface area is 174 Å². The number of halogens is 2. The number of rotatable bonds is 3. The first-order chi connectivity index (χ1) is 13.0. The predicted molar refractivity (Wildman–Crippen MR) is 110 cm³/mol. The number of nitrogens with zero attached hydrogens (tertiary/aromatic N) is 2. The smallest absolute Gasteiger partial charge is 0.265 e. The van der Waals surface area contributed by atoms with Crippen molar-refractivity contribution in [3.63, 3.8) is 0 Å². The Morgan fingerprint density at radius 2 is 1.85 bits per heavy atom. The highest BCUT2D eigenvalue weighted by Gasteiger charge is 2.34. The van der Waals surface area contributed by atoms with E-state index in [0.717, 1.165) is 27.4 Å². The summed E-state index contributed by atoms with van der Waals surface area (Å²) in [6.07, 6.45) is 1.90. The van der Waals surface area contributed by atoms with Crippen LogP contribution in [0.5, 0.6) is 5.75 Å². The third-order valence-corrected chi connectivity index (χ3v) is 6.01. The number of carbonyl (C=O) groups is 2. The van der Waals surface area contributed by atoms with Crippen molar-refractivity contribution < 1.29 is 14.3 Å². The standard InChI is InChI=1S/C20H18Br2N2O3/c21-14-5-3-13(4-6-14)16-2-1-9-23(16)19(25)11-24-17-8-7-15(22)10-18(17)27-12-20(24)26/h3-8,10,16H,1-2,9,11-12H2. The number of benzene rings is 2. The summed E-state index contributed by atoms with van der Waals surface area (Å²) in [5, 5.41) is 0. The van der Waals surface area contributed by atoms with Crippen molar-refractivity contribution >= 4 is 49.4 Å². The number of ether oxygens (including phenoxy) is 1. The van der Waals surface area contributed by atoms with Crippen LogP contribution in [0.2, 0.25) is 0 Å². The lowest BCUT2D eigenvalue weighted by atomic mass is 10.0. The average Bonchev–Trinajstić information content (AvgIpc) is 3.14. The molecule has 1 atom stereocenters. The van der Waals surface area contributed by atoms with E-state index in [0.29, 0.717) is 18.0 Å². The number of hydrogen-bond donors (Lipinski definition) is 0. The lowest BCUT2D eigenvalue weighted by Gasteiger charge is -2.32. The van der Waals surface area contributed by atoms with E-state index in [-0.39, 0.29) is 31.0 Å². The van der Waals surface area contributed by atoms with Crippen LogP contribution in [0.1, 0.15) is 24.4 Å². The minimum atomic E-state index is -0.197. The molecule has 0 saturated carbocycles. The van der Waals surface area contributed by atoms with Crippen molar-refractivity contribution in [1.29, 1.82) is 0 Å². The molecule has 2 heterocycles. The summed E-state index contributed by atoms with van der Waals surface area (Å²) in [7, 11) is 0. The van der Waals surface area contributed by atoms with Gasteiger partial charge in [0.2, 0.25) is 5.91 Å². The molecule has 2 aliphatic rings. The summed E-state index contributed by atoms with van der Waals surface area (Å²) in [6, 6.07) is 13.6. The summed E-state index contributed by atoms with van der Waals surface area (Å²) >= 11 is 6.86. The predicted octanol–water partition coefficient (Wildman–Crippen LogP) is 4.30. The number of carbonyl (C=O) groups excluding carboxylic acids is 2. The lowest BCUT2D eigenvalue weighted by molar-refractivity contribution is -0.132. The van der Waals surface area contributed by atoms with Crippen LogP contribution >= 0.6 is 31.9 Å². The number of fused-ring (bicyclic) bond motifs is 1. The van der Waals surface area contributed by atoms with E-state index in [4.69, 9.17) is 4.74 Å². The number of amides is 2. The van der Waals surface area contributed by atoms with Gasteiger partial charge in [-0.2, -0.15) is 0 Å². The molecule has 0 N–H and O–H groups in total. The van der Waals surface area contributed by atoms with E-state index >= 15 is 0 Å². The van der Waals surface area contributed by atoms with Crippen molar-refractivity contribution in [3.8, 4) is 5.75 Å². The van der Waals surface area contributed by atoms with Gasteiger partial charge < -0.3 is 9.64 Å². The van der Waals surface area contributed by atoms with Crippen molar-refractivity contribution in [2.75, 3.05) is 24.6 Å². The molecule has 0 bridgehead atoms. The van der Waals surface area contributed by atoms with Gasteiger partial charge in [0.25, 0.3) is 5.91 Å². The van der Waals surface area contributed by atoms with E-state index in [1.165, 1.54) is 4.90 Å². The highest BCUT2D eigenvalue weighted by molar-refractivity contribution is 9.10. The van der Waals surface area contributed by atoms with Crippen LogP contribution in [-0.2, 0) is 9.59 Å². The molecule has 5 nitrogen and oxygen atoms in total. The maximum Gasteiger partial charge on any atom is 0.265 e. The van der Waals surface area contributed by atoms with Gasteiger partial charge in [0.05, 0.1) is 11.7 Å². The monoisotopic (exact) mass is 492 g/mol. The first-order valence-corrected chi connectivity index (χ1v) is 10.4. The molecule has 0 aliphatic carbocycles. The highest BCUT2D eigenvalue weighted by atomic mass is 79.9. The molecule has 2 aromatic rings. The van der Waals surface area contributed by atoms with E-state index in [9.17, 15) is 9.59 Å². The molecule has 0 aromatic heterocycles. The molecule has 2 aliphatic heterocycles. The molecule has 2 amide bonds. The summed E-state index contributed by atoms with van der Waals surface area (Å²) in [4.78, 5) is 28.9. The van der Waals surface area contributed by atoms with Crippen LogP contribution in [0.3, 0.4) is 0 Å². The Morgan fingerprint density at radius 3 is 2.63 bits per heavy atom. The molecule has 7 heteroatoms. The Bertz CT molecular complexity index is 885. The number of hydrogen-bond acceptors (Lipinski definition) is 3. The van der Waals surface area contributed by atoms with Gasteiger partial charge in [-0.15, -0.1) is 0 Å². The fraction of sp³-hybridized carbons (Fsp3) is 0.300. The minimum absolute atomic E-state index is 0.0316. The third-order valence-electron chi connectivity index (χ3n) is 4.99. The van der Waals surface area contributed by atoms with Crippen molar-refractivity contribution in [1.82, 2.24) is 4.90 Å². The fourth-order valence-corrected chi connectivity index (χ4v) is 4.28. The summed E-state index contributed by atoms with van der Waals surface area (Å²) in [5.41, 5.74) is 1.77. The zero-order chi connectivity index (χ0) is 19.0. The van der Waals surface area contributed by atoms with Gasteiger partial charge in [-0.05, 0) is 48.7 Å². The van der Waals surface area contributed by atoms with Gasteiger partial charge in [0.1, 0.15) is 12.3 Å². The van der Waals surface area contributed by atoms with Crippen LogP contribution in [0.15, 0.2) is 51.4 Å². The van der Waals surface area contributed by atoms with Gasteiger partial charge >= 0.3 is 0 Å². The van der Waals surface area contributed by atoms with Gasteiger partial charge in [0, 0.05) is 15.5 Å². The third kappa shape index (κ3) is 3.75. The molecule has 2 aromatic carbocycles. The lowest BCUT2D eigenvalue weighted by Crippen LogP contribution is -2.46. The van der Waals surface area contributed by atoms with E-state index in [2.05, 4.69) is 31.9 Å². The molecule has 1 saturated heterocycles. The van der Waals surface area contributed by atoms with Gasteiger partial charge in [-0.1, -0.05) is 44.0 Å². The zero-order valence-corrected chi connectivity index (χ0v) is 17.7. The summed E-state index contributed by atoms with van der Waals surface area (Å²) in [5.74, 6) is 0.379. The molecule has 0 spiro atoms. The Hall–Kier alpha value is -1.86. The summed E-state index contributed by atoms with van der Waals surface area (Å²) < 4.78 is 7.39. The molecule has 1 unspecified atom stereocenters. The number of anilines is 1. The molecular formula is C20H18Br2N2O3. The molecule has 140 valence electrons.